The molecule has 0 fully saturated rings. The Morgan fingerprint density at radius 2 is 2.21 bits per heavy atom. The van der Waals surface area contributed by atoms with E-state index in [1.54, 1.807) is 0 Å². The minimum atomic E-state index is 0.607. The Labute approximate surface area is 114 Å². The molecular formula is C16H21N3. The van der Waals surface area contributed by atoms with Crippen LogP contribution in [0.15, 0.2) is 36.4 Å². The lowest BCUT2D eigenvalue weighted by atomic mass is 10.0. The standard InChI is InChI=1S/C16H21N3/c1-2-19-15-11-7-6-10-14(15)18-16(19)12-17-13-8-4-3-5-9-13/h3-4,6-7,10-11,13,17H,2,5,8-9,12H2,1H3. The van der Waals surface area contributed by atoms with E-state index in [1.807, 2.05) is 0 Å². The van der Waals surface area contributed by atoms with Crippen molar-refractivity contribution in [2.75, 3.05) is 0 Å². The molecule has 100 valence electrons. The van der Waals surface area contributed by atoms with Gasteiger partial charge in [-0.2, -0.15) is 0 Å². The number of nitrogens with one attached hydrogen (secondary N) is 1. The molecule has 1 aromatic carbocycles. The van der Waals surface area contributed by atoms with Crippen molar-refractivity contribution in [2.45, 2.75) is 45.3 Å². The first-order chi connectivity index (χ1) is 9.38. The van der Waals surface area contributed by atoms with Gasteiger partial charge in [-0.3, -0.25) is 0 Å². The summed E-state index contributed by atoms with van der Waals surface area (Å²) in [4.78, 5) is 4.75. The maximum Gasteiger partial charge on any atom is 0.123 e. The zero-order valence-corrected chi connectivity index (χ0v) is 11.5. The third kappa shape index (κ3) is 2.56. The minimum Gasteiger partial charge on any atom is -0.327 e. The van der Waals surface area contributed by atoms with E-state index in [9.17, 15) is 0 Å². The Bertz CT molecular complexity index is 583. The van der Waals surface area contributed by atoms with E-state index in [0.29, 0.717) is 6.04 Å². The maximum absolute atomic E-state index is 4.75. The van der Waals surface area contributed by atoms with Crippen molar-refractivity contribution in [1.82, 2.24) is 14.9 Å². The van der Waals surface area contributed by atoms with E-state index in [4.69, 9.17) is 4.98 Å². The lowest BCUT2D eigenvalue weighted by molar-refractivity contribution is 0.461. The highest BCUT2D eigenvalue weighted by Crippen LogP contribution is 2.17. The average Bonchev–Trinajstić information content (AvgIpc) is 2.83. The number of imidazole rings is 1. The Balaban J connectivity index is 1.78. The number of fused-ring (bicyclic) bond motifs is 1. The van der Waals surface area contributed by atoms with Crippen molar-refractivity contribution >= 4 is 11.0 Å². The van der Waals surface area contributed by atoms with E-state index in [0.717, 1.165) is 30.9 Å². The van der Waals surface area contributed by atoms with Gasteiger partial charge in [0.1, 0.15) is 5.82 Å². The largest absolute Gasteiger partial charge is 0.327 e. The first kappa shape index (κ1) is 12.4. The van der Waals surface area contributed by atoms with Crippen LogP contribution in [-0.4, -0.2) is 15.6 Å². The van der Waals surface area contributed by atoms with Crippen molar-refractivity contribution in [3.05, 3.63) is 42.2 Å². The van der Waals surface area contributed by atoms with Crippen LogP contribution in [-0.2, 0) is 13.1 Å². The number of rotatable bonds is 4. The van der Waals surface area contributed by atoms with Crippen molar-refractivity contribution in [2.24, 2.45) is 0 Å². The molecule has 0 amide bonds. The summed E-state index contributed by atoms with van der Waals surface area (Å²) in [5, 5.41) is 3.64. The Morgan fingerprint density at radius 1 is 1.32 bits per heavy atom. The summed E-state index contributed by atoms with van der Waals surface area (Å²) >= 11 is 0. The molecule has 3 heteroatoms. The fourth-order valence-corrected chi connectivity index (χ4v) is 2.83. The van der Waals surface area contributed by atoms with E-state index < -0.39 is 0 Å². The number of benzene rings is 1. The van der Waals surface area contributed by atoms with E-state index >= 15 is 0 Å². The van der Waals surface area contributed by atoms with Crippen LogP contribution < -0.4 is 5.32 Å². The van der Waals surface area contributed by atoms with Gasteiger partial charge in [-0.15, -0.1) is 0 Å². The first-order valence-electron chi connectivity index (χ1n) is 7.21. The molecule has 1 aliphatic rings. The number of allylic oxidation sites excluding steroid dienone is 1. The predicted octanol–water partition coefficient (Wildman–Crippen LogP) is 3.25. The molecule has 3 nitrogen and oxygen atoms in total. The monoisotopic (exact) mass is 255 g/mol. The van der Waals surface area contributed by atoms with Crippen molar-refractivity contribution in [1.29, 1.82) is 0 Å². The second kappa shape index (κ2) is 5.57. The van der Waals surface area contributed by atoms with Gasteiger partial charge in [0, 0.05) is 12.6 Å². The highest BCUT2D eigenvalue weighted by molar-refractivity contribution is 5.75. The molecule has 1 aliphatic carbocycles. The quantitative estimate of drug-likeness (QED) is 0.850. The lowest BCUT2D eigenvalue weighted by Gasteiger charge is -2.19. The number of para-hydroxylation sites is 2. The van der Waals surface area contributed by atoms with E-state index in [1.165, 1.54) is 18.4 Å². The van der Waals surface area contributed by atoms with Gasteiger partial charge < -0.3 is 9.88 Å². The second-order valence-electron chi connectivity index (χ2n) is 5.12. The molecule has 1 atom stereocenters. The van der Waals surface area contributed by atoms with Crippen LogP contribution in [0.3, 0.4) is 0 Å². The van der Waals surface area contributed by atoms with Gasteiger partial charge in [0.05, 0.1) is 17.6 Å². The molecule has 1 aromatic heterocycles. The second-order valence-corrected chi connectivity index (χ2v) is 5.12. The Morgan fingerprint density at radius 3 is 3.00 bits per heavy atom. The molecular weight excluding hydrogens is 234 g/mol. The van der Waals surface area contributed by atoms with Crippen molar-refractivity contribution in [3.63, 3.8) is 0 Å². The molecule has 3 rings (SSSR count). The SMILES string of the molecule is CCn1c(CNC2CC=CCC2)nc2ccccc21. The average molecular weight is 255 g/mol. The molecule has 0 saturated heterocycles. The van der Waals surface area contributed by atoms with E-state index in [2.05, 4.69) is 53.2 Å². The summed E-state index contributed by atoms with van der Waals surface area (Å²) in [7, 11) is 0. The van der Waals surface area contributed by atoms with Gasteiger partial charge in [0.25, 0.3) is 0 Å². The molecule has 1 unspecified atom stereocenters. The smallest absolute Gasteiger partial charge is 0.123 e. The van der Waals surface area contributed by atoms with Crippen molar-refractivity contribution < 1.29 is 0 Å². The zero-order valence-electron chi connectivity index (χ0n) is 11.5. The summed E-state index contributed by atoms with van der Waals surface area (Å²) in [5.41, 5.74) is 2.34. The number of nitrogens with zero attached hydrogens (tertiary/aromatic N) is 2. The highest BCUT2D eigenvalue weighted by Gasteiger charge is 2.12. The van der Waals surface area contributed by atoms with Gasteiger partial charge in [0.15, 0.2) is 0 Å². The van der Waals surface area contributed by atoms with Crippen molar-refractivity contribution in [3.8, 4) is 0 Å². The highest BCUT2D eigenvalue weighted by atomic mass is 15.1. The van der Waals surface area contributed by atoms with E-state index in [-0.39, 0.29) is 0 Å². The summed E-state index contributed by atoms with van der Waals surface area (Å²) in [6.45, 7) is 4.02. The molecule has 0 aliphatic heterocycles. The summed E-state index contributed by atoms with van der Waals surface area (Å²) in [6.07, 6.45) is 8.14. The number of aromatic nitrogens is 2. The van der Waals surface area contributed by atoms with Crippen LogP contribution in [0.25, 0.3) is 11.0 Å². The molecule has 19 heavy (non-hydrogen) atoms. The maximum atomic E-state index is 4.75. The summed E-state index contributed by atoms with van der Waals surface area (Å²) < 4.78 is 2.31. The number of hydrogen-bond donors (Lipinski definition) is 1. The lowest BCUT2D eigenvalue weighted by Crippen LogP contribution is -2.30. The third-order valence-electron chi connectivity index (χ3n) is 3.87. The van der Waals surface area contributed by atoms with Crippen LogP contribution >= 0.6 is 0 Å². The number of hydrogen-bond acceptors (Lipinski definition) is 2. The van der Waals surface area contributed by atoms with Gasteiger partial charge in [-0.05, 0) is 38.3 Å². The fourth-order valence-electron chi connectivity index (χ4n) is 2.83. The molecule has 0 saturated carbocycles. The first-order valence-corrected chi connectivity index (χ1v) is 7.21. The molecule has 0 bridgehead atoms. The minimum absolute atomic E-state index is 0.607. The molecule has 1 N–H and O–H groups in total. The van der Waals surface area contributed by atoms with Crippen LogP contribution in [0.5, 0.6) is 0 Å². The fraction of sp³-hybridized carbons (Fsp3) is 0.438. The molecule has 0 radical (unpaired) electrons. The Kier molecular flexibility index (Phi) is 3.65. The molecule has 0 spiro atoms. The normalized spacial score (nSPS) is 19.1. The summed E-state index contributed by atoms with van der Waals surface area (Å²) in [6, 6.07) is 8.99. The van der Waals surface area contributed by atoms with Crippen LogP contribution in [0.1, 0.15) is 32.0 Å². The zero-order chi connectivity index (χ0) is 13.1. The Hall–Kier alpha value is -1.61. The van der Waals surface area contributed by atoms with Gasteiger partial charge >= 0.3 is 0 Å². The third-order valence-corrected chi connectivity index (χ3v) is 3.87. The summed E-state index contributed by atoms with van der Waals surface area (Å²) in [5.74, 6) is 1.15. The van der Waals surface area contributed by atoms with Gasteiger partial charge in [-0.25, -0.2) is 4.98 Å². The van der Waals surface area contributed by atoms with Crippen LogP contribution in [0.2, 0.25) is 0 Å². The number of aryl methyl sites for hydroxylation is 1. The predicted molar refractivity (Wildman–Crippen MR) is 79.0 cm³/mol. The topological polar surface area (TPSA) is 29.9 Å². The van der Waals surface area contributed by atoms with Crippen LogP contribution in [0, 0.1) is 0 Å². The molecule has 2 aromatic rings. The molecule has 1 heterocycles. The van der Waals surface area contributed by atoms with Crippen LogP contribution in [0.4, 0.5) is 0 Å². The van der Waals surface area contributed by atoms with Gasteiger partial charge in [0.2, 0.25) is 0 Å². The van der Waals surface area contributed by atoms with Gasteiger partial charge in [-0.1, -0.05) is 24.3 Å².